The number of benzene rings is 2. The predicted octanol–water partition coefficient (Wildman–Crippen LogP) is 3.78. The Bertz CT molecular complexity index is 526. The van der Waals surface area contributed by atoms with Crippen LogP contribution in [0.1, 0.15) is 22.3 Å². The van der Waals surface area contributed by atoms with Gasteiger partial charge in [-0.3, -0.25) is 0 Å². The van der Waals surface area contributed by atoms with E-state index in [9.17, 15) is 0 Å². The molecular formula is C18H23NO. The first-order chi connectivity index (χ1) is 9.66. The van der Waals surface area contributed by atoms with E-state index in [2.05, 4.69) is 62.5 Å². The molecule has 2 aromatic rings. The Morgan fingerprint density at radius 1 is 0.950 bits per heavy atom. The third kappa shape index (κ3) is 4.10. The maximum absolute atomic E-state index is 5.90. The molecule has 0 unspecified atom stereocenters. The molecule has 2 heteroatoms. The van der Waals surface area contributed by atoms with Crippen LogP contribution < -0.4 is 10.1 Å². The van der Waals surface area contributed by atoms with Gasteiger partial charge in [-0.15, -0.1) is 0 Å². The molecule has 0 atom stereocenters. The minimum Gasteiger partial charge on any atom is -0.492 e. The Labute approximate surface area is 121 Å². The zero-order valence-corrected chi connectivity index (χ0v) is 12.6. The fourth-order valence-electron chi connectivity index (χ4n) is 2.45. The lowest BCUT2D eigenvalue weighted by atomic mass is 10.1. The monoisotopic (exact) mass is 269 g/mol. The van der Waals surface area contributed by atoms with Gasteiger partial charge in [-0.25, -0.2) is 0 Å². The smallest absolute Gasteiger partial charge is 0.125 e. The lowest BCUT2D eigenvalue weighted by molar-refractivity contribution is 0.309. The average molecular weight is 269 g/mol. The van der Waals surface area contributed by atoms with Gasteiger partial charge in [-0.05, 0) is 37.5 Å². The Balaban J connectivity index is 1.76. The van der Waals surface area contributed by atoms with Gasteiger partial charge in [0.2, 0.25) is 0 Å². The molecule has 0 spiro atoms. The Morgan fingerprint density at radius 2 is 1.60 bits per heavy atom. The highest BCUT2D eigenvalue weighted by Gasteiger charge is 2.04. The third-order valence-corrected chi connectivity index (χ3v) is 3.30. The van der Waals surface area contributed by atoms with Gasteiger partial charge in [-0.1, -0.05) is 48.0 Å². The van der Waals surface area contributed by atoms with Gasteiger partial charge in [0.15, 0.2) is 0 Å². The molecule has 20 heavy (non-hydrogen) atoms. The number of hydrogen-bond donors (Lipinski definition) is 1. The summed E-state index contributed by atoms with van der Waals surface area (Å²) in [5.74, 6) is 1.03. The van der Waals surface area contributed by atoms with E-state index in [0.717, 1.165) is 18.8 Å². The van der Waals surface area contributed by atoms with Crippen molar-refractivity contribution in [3.8, 4) is 5.75 Å². The molecule has 0 saturated heterocycles. The second-order valence-electron chi connectivity index (χ2n) is 5.24. The topological polar surface area (TPSA) is 21.3 Å². The molecule has 2 nitrogen and oxygen atoms in total. The maximum atomic E-state index is 5.90. The van der Waals surface area contributed by atoms with Gasteiger partial charge < -0.3 is 10.1 Å². The highest BCUT2D eigenvalue weighted by molar-refractivity contribution is 5.42. The van der Waals surface area contributed by atoms with Crippen LogP contribution >= 0.6 is 0 Å². The molecule has 0 aliphatic rings. The van der Waals surface area contributed by atoms with E-state index < -0.39 is 0 Å². The Kier molecular flexibility index (Phi) is 5.19. The average Bonchev–Trinajstić information content (AvgIpc) is 2.42. The van der Waals surface area contributed by atoms with Gasteiger partial charge in [-0.2, -0.15) is 0 Å². The van der Waals surface area contributed by atoms with Crippen molar-refractivity contribution in [1.82, 2.24) is 5.32 Å². The first-order valence-electron chi connectivity index (χ1n) is 7.12. The van der Waals surface area contributed by atoms with Crippen molar-refractivity contribution in [3.63, 3.8) is 0 Å². The van der Waals surface area contributed by atoms with Gasteiger partial charge >= 0.3 is 0 Å². The summed E-state index contributed by atoms with van der Waals surface area (Å²) in [6, 6.07) is 14.7. The molecule has 0 bridgehead atoms. The molecule has 106 valence electrons. The van der Waals surface area contributed by atoms with E-state index >= 15 is 0 Å². The van der Waals surface area contributed by atoms with Crippen LogP contribution in [0, 0.1) is 20.8 Å². The van der Waals surface area contributed by atoms with Crippen molar-refractivity contribution < 1.29 is 4.74 Å². The quantitative estimate of drug-likeness (QED) is 0.806. The lowest BCUT2D eigenvalue weighted by Crippen LogP contribution is -2.21. The lowest BCUT2D eigenvalue weighted by Gasteiger charge is -2.13. The second kappa shape index (κ2) is 7.11. The Hall–Kier alpha value is -1.80. The fourth-order valence-corrected chi connectivity index (χ4v) is 2.45. The van der Waals surface area contributed by atoms with Crippen molar-refractivity contribution in [3.05, 3.63) is 64.7 Å². The van der Waals surface area contributed by atoms with Crippen LogP contribution in [-0.2, 0) is 6.54 Å². The van der Waals surface area contributed by atoms with E-state index in [1.807, 2.05) is 6.07 Å². The van der Waals surface area contributed by atoms with E-state index in [1.54, 1.807) is 0 Å². The van der Waals surface area contributed by atoms with Crippen molar-refractivity contribution >= 4 is 0 Å². The molecule has 2 aromatic carbocycles. The van der Waals surface area contributed by atoms with Crippen molar-refractivity contribution in [2.45, 2.75) is 27.3 Å². The largest absolute Gasteiger partial charge is 0.492 e. The molecular weight excluding hydrogens is 246 g/mol. The minimum atomic E-state index is 0.692. The van der Waals surface area contributed by atoms with Crippen LogP contribution in [0.5, 0.6) is 5.75 Å². The molecule has 1 N–H and O–H groups in total. The molecule has 2 rings (SSSR count). The van der Waals surface area contributed by atoms with Gasteiger partial charge in [0.25, 0.3) is 0 Å². The third-order valence-electron chi connectivity index (χ3n) is 3.30. The fraction of sp³-hybridized carbons (Fsp3) is 0.333. The van der Waals surface area contributed by atoms with E-state index in [1.165, 1.54) is 22.3 Å². The van der Waals surface area contributed by atoms with Crippen LogP contribution in [0.15, 0.2) is 42.5 Å². The molecule has 0 saturated carbocycles. The van der Waals surface area contributed by atoms with Crippen molar-refractivity contribution in [1.29, 1.82) is 0 Å². The summed E-state index contributed by atoms with van der Waals surface area (Å²) in [7, 11) is 0. The highest BCUT2D eigenvalue weighted by Crippen LogP contribution is 2.24. The van der Waals surface area contributed by atoms with Crippen LogP contribution in [0.3, 0.4) is 0 Å². The summed E-state index contributed by atoms with van der Waals surface area (Å²) >= 11 is 0. The zero-order valence-electron chi connectivity index (χ0n) is 12.6. The van der Waals surface area contributed by atoms with Crippen LogP contribution in [-0.4, -0.2) is 13.2 Å². The molecule has 0 heterocycles. The van der Waals surface area contributed by atoms with Crippen molar-refractivity contribution in [2.24, 2.45) is 0 Å². The minimum absolute atomic E-state index is 0.692. The maximum Gasteiger partial charge on any atom is 0.125 e. The summed E-state index contributed by atoms with van der Waals surface area (Å²) in [4.78, 5) is 0. The molecule has 0 aliphatic heterocycles. The van der Waals surface area contributed by atoms with Crippen LogP contribution in [0.2, 0.25) is 0 Å². The van der Waals surface area contributed by atoms with E-state index in [-0.39, 0.29) is 0 Å². The van der Waals surface area contributed by atoms with Crippen LogP contribution in [0.4, 0.5) is 0 Å². The summed E-state index contributed by atoms with van der Waals surface area (Å²) < 4.78 is 5.90. The molecule has 0 aromatic heterocycles. The normalized spacial score (nSPS) is 10.6. The number of aryl methyl sites for hydroxylation is 3. The number of ether oxygens (including phenoxy) is 1. The first kappa shape index (κ1) is 14.6. The van der Waals surface area contributed by atoms with E-state index in [0.29, 0.717) is 6.61 Å². The van der Waals surface area contributed by atoms with Gasteiger partial charge in [0, 0.05) is 13.1 Å². The van der Waals surface area contributed by atoms with Crippen molar-refractivity contribution in [2.75, 3.05) is 13.2 Å². The summed E-state index contributed by atoms with van der Waals surface area (Å²) in [6.07, 6.45) is 0. The standard InChI is InChI=1S/C18H23NO/c1-14-11-15(2)18(16(3)12-14)20-10-9-19-13-17-7-5-4-6-8-17/h4-8,11-12,19H,9-10,13H2,1-3H3. The molecule has 0 aliphatic carbocycles. The molecule has 0 amide bonds. The second-order valence-corrected chi connectivity index (χ2v) is 5.24. The summed E-state index contributed by atoms with van der Waals surface area (Å²) in [6.45, 7) is 8.75. The SMILES string of the molecule is Cc1cc(C)c(OCCNCc2ccccc2)c(C)c1. The van der Waals surface area contributed by atoms with Crippen LogP contribution in [0.25, 0.3) is 0 Å². The predicted molar refractivity (Wildman–Crippen MR) is 84.3 cm³/mol. The zero-order chi connectivity index (χ0) is 14.4. The highest BCUT2D eigenvalue weighted by atomic mass is 16.5. The molecule has 0 fully saturated rings. The molecule has 0 radical (unpaired) electrons. The first-order valence-corrected chi connectivity index (χ1v) is 7.12. The summed E-state index contributed by atoms with van der Waals surface area (Å²) in [5.41, 5.74) is 5.01. The van der Waals surface area contributed by atoms with E-state index in [4.69, 9.17) is 4.74 Å². The number of rotatable bonds is 6. The Morgan fingerprint density at radius 3 is 2.25 bits per heavy atom. The van der Waals surface area contributed by atoms with Gasteiger partial charge in [0.05, 0.1) is 0 Å². The number of hydrogen-bond acceptors (Lipinski definition) is 2. The van der Waals surface area contributed by atoms with Gasteiger partial charge in [0.1, 0.15) is 12.4 Å². The summed E-state index contributed by atoms with van der Waals surface area (Å²) in [5, 5.41) is 3.40. The number of nitrogens with one attached hydrogen (secondary N) is 1.